The Hall–Kier alpha value is -1.88. The summed E-state index contributed by atoms with van der Waals surface area (Å²) in [6.07, 6.45) is 0.697. The normalized spacial score (nSPS) is 11.9. The molecule has 1 aromatic carbocycles. The molecule has 0 heterocycles. The largest absolute Gasteiger partial charge is 0.480 e. The molecule has 1 atom stereocenters. The van der Waals surface area contributed by atoms with Crippen molar-refractivity contribution in [2.24, 2.45) is 5.73 Å². The smallest absolute Gasteiger partial charge is 0.321 e. The van der Waals surface area contributed by atoms with Crippen molar-refractivity contribution in [3.63, 3.8) is 0 Å². The molecule has 1 aromatic rings. The maximum atomic E-state index is 11.4. The minimum absolute atomic E-state index is 0.231. The van der Waals surface area contributed by atoms with Gasteiger partial charge in [-0.15, -0.1) is 0 Å². The maximum Gasteiger partial charge on any atom is 0.321 e. The second-order valence-electron chi connectivity index (χ2n) is 3.75. The van der Waals surface area contributed by atoms with E-state index in [9.17, 15) is 9.59 Å². The molecule has 0 radical (unpaired) electrons. The molecule has 0 aromatic heterocycles. The standard InChI is InChI=1S/C12H16N2O3/c1-2-8-3-5-9(6-4-8)14-11(15)7-10(13)12(16)17/h3-6,10H,2,7,13H2,1H3,(H,14,15)(H,16,17). The van der Waals surface area contributed by atoms with Crippen LogP contribution >= 0.6 is 0 Å². The number of carbonyl (C=O) groups excluding carboxylic acids is 1. The number of anilines is 1. The first-order chi connectivity index (χ1) is 8.02. The fraction of sp³-hybridized carbons (Fsp3) is 0.333. The van der Waals surface area contributed by atoms with Gasteiger partial charge in [-0.1, -0.05) is 19.1 Å². The summed E-state index contributed by atoms with van der Waals surface area (Å²) in [5, 5.41) is 11.2. The van der Waals surface area contributed by atoms with Crippen LogP contribution in [0, 0.1) is 0 Å². The fourth-order valence-corrected chi connectivity index (χ4v) is 1.32. The van der Waals surface area contributed by atoms with E-state index < -0.39 is 17.9 Å². The number of rotatable bonds is 5. The molecule has 5 heteroatoms. The highest BCUT2D eigenvalue weighted by atomic mass is 16.4. The first kappa shape index (κ1) is 13.2. The van der Waals surface area contributed by atoms with E-state index in [1.165, 1.54) is 5.56 Å². The molecular formula is C12H16N2O3. The van der Waals surface area contributed by atoms with Gasteiger partial charge in [-0.2, -0.15) is 0 Å². The minimum Gasteiger partial charge on any atom is -0.480 e. The maximum absolute atomic E-state index is 11.4. The summed E-state index contributed by atoms with van der Waals surface area (Å²) in [4.78, 5) is 21.9. The number of nitrogens with two attached hydrogens (primary N) is 1. The third-order valence-corrected chi connectivity index (χ3v) is 2.37. The van der Waals surface area contributed by atoms with Gasteiger partial charge in [0.1, 0.15) is 6.04 Å². The number of amides is 1. The number of aryl methyl sites for hydroxylation is 1. The Morgan fingerprint density at radius 2 is 1.94 bits per heavy atom. The van der Waals surface area contributed by atoms with Crippen molar-refractivity contribution in [1.82, 2.24) is 0 Å². The molecule has 0 aliphatic rings. The van der Waals surface area contributed by atoms with Crippen LogP contribution in [-0.2, 0) is 16.0 Å². The Bertz CT molecular complexity index is 401. The number of aliphatic carboxylic acids is 1. The summed E-state index contributed by atoms with van der Waals surface area (Å²) in [5.41, 5.74) is 7.07. The highest BCUT2D eigenvalue weighted by Gasteiger charge is 2.16. The monoisotopic (exact) mass is 236 g/mol. The zero-order valence-electron chi connectivity index (χ0n) is 9.64. The van der Waals surface area contributed by atoms with Crippen molar-refractivity contribution in [2.45, 2.75) is 25.8 Å². The highest BCUT2D eigenvalue weighted by molar-refractivity contribution is 5.93. The van der Waals surface area contributed by atoms with E-state index in [1.54, 1.807) is 12.1 Å². The molecule has 92 valence electrons. The molecule has 5 nitrogen and oxygen atoms in total. The zero-order valence-corrected chi connectivity index (χ0v) is 9.64. The van der Waals surface area contributed by atoms with Crippen molar-refractivity contribution < 1.29 is 14.7 Å². The van der Waals surface area contributed by atoms with E-state index in [0.717, 1.165) is 6.42 Å². The number of hydrogen-bond donors (Lipinski definition) is 3. The van der Waals surface area contributed by atoms with E-state index in [1.807, 2.05) is 19.1 Å². The van der Waals surface area contributed by atoms with Gasteiger partial charge in [-0.25, -0.2) is 0 Å². The van der Waals surface area contributed by atoms with Gasteiger partial charge in [-0.3, -0.25) is 9.59 Å². The summed E-state index contributed by atoms with van der Waals surface area (Å²) < 4.78 is 0. The van der Waals surface area contributed by atoms with Crippen LogP contribution in [0.1, 0.15) is 18.9 Å². The van der Waals surface area contributed by atoms with E-state index >= 15 is 0 Å². The third-order valence-electron chi connectivity index (χ3n) is 2.37. The molecule has 1 amide bonds. The molecule has 1 rings (SSSR count). The second-order valence-corrected chi connectivity index (χ2v) is 3.75. The topological polar surface area (TPSA) is 92.4 Å². The Kier molecular flexibility index (Phi) is 4.66. The van der Waals surface area contributed by atoms with Crippen molar-refractivity contribution in [1.29, 1.82) is 0 Å². The summed E-state index contributed by atoms with van der Waals surface area (Å²) >= 11 is 0. The predicted molar refractivity (Wildman–Crippen MR) is 64.7 cm³/mol. The lowest BCUT2D eigenvalue weighted by Gasteiger charge is -2.08. The Morgan fingerprint density at radius 3 is 2.41 bits per heavy atom. The predicted octanol–water partition coefficient (Wildman–Crippen LogP) is 0.989. The number of carboxylic acids is 1. The van der Waals surface area contributed by atoms with Gasteiger partial charge in [0, 0.05) is 5.69 Å². The molecular weight excluding hydrogens is 220 g/mol. The first-order valence-corrected chi connectivity index (χ1v) is 5.40. The number of nitrogens with one attached hydrogen (secondary N) is 1. The SMILES string of the molecule is CCc1ccc(NC(=O)CC(N)C(=O)O)cc1. The lowest BCUT2D eigenvalue weighted by molar-refractivity contribution is -0.140. The summed E-state index contributed by atoms with van der Waals surface area (Å²) in [6.45, 7) is 2.04. The Labute approximate surface area is 99.6 Å². The van der Waals surface area contributed by atoms with E-state index in [4.69, 9.17) is 10.8 Å². The highest BCUT2D eigenvalue weighted by Crippen LogP contribution is 2.10. The number of carbonyl (C=O) groups is 2. The minimum atomic E-state index is -1.18. The van der Waals surface area contributed by atoms with Crippen molar-refractivity contribution in [2.75, 3.05) is 5.32 Å². The average molecular weight is 236 g/mol. The van der Waals surface area contributed by atoms with Crippen molar-refractivity contribution in [3.05, 3.63) is 29.8 Å². The molecule has 1 unspecified atom stereocenters. The quantitative estimate of drug-likeness (QED) is 0.710. The van der Waals surface area contributed by atoms with Crippen molar-refractivity contribution in [3.8, 4) is 0 Å². The molecule has 0 aliphatic carbocycles. The lowest BCUT2D eigenvalue weighted by Crippen LogP contribution is -2.34. The molecule has 0 spiro atoms. The van der Waals surface area contributed by atoms with Gasteiger partial charge >= 0.3 is 5.97 Å². The summed E-state index contributed by atoms with van der Waals surface area (Å²) in [5.74, 6) is -1.58. The van der Waals surface area contributed by atoms with Gasteiger partial charge in [-0.05, 0) is 24.1 Å². The fourth-order valence-electron chi connectivity index (χ4n) is 1.32. The lowest BCUT2D eigenvalue weighted by atomic mass is 10.1. The van der Waals surface area contributed by atoms with Crippen LogP contribution in [0.4, 0.5) is 5.69 Å². The van der Waals surface area contributed by atoms with Gasteiger partial charge in [0.2, 0.25) is 5.91 Å². The summed E-state index contributed by atoms with van der Waals surface area (Å²) in [6, 6.07) is 6.22. The molecule has 4 N–H and O–H groups in total. The van der Waals surface area contributed by atoms with Crippen LogP contribution in [0.3, 0.4) is 0 Å². The number of hydrogen-bond acceptors (Lipinski definition) is 3. The van der Waals surface area contributed by atoms with Crippen LogP contribution in [0.15, 0.2) is 24.3 Å². The number of benzene rings is 1. The third kappa shape index (κ3) is 4.24. The average Bonchev–Trinajstić information content (AvgIpc) is 2.29. The molecule has 0 saturated heterocycles. The van der Waals surface area contributed by atoms with Gasteiger partial charge in [0.05, 0.1) is 6.42 Å². The molecule has 0 aliphatic heterocycles. The zero-order chi connectivity index (χ0) is 12.8. The Morgan fingerprint density at radius 1 is 1.35 bits per heavy atom. The van der Waals surface area contributed by atoms with Crippen LogP contribution in [-0.4, -0.2) is 23.0 Å². The van der Waals surface area contributed by atoms with Gasteiger partial charge in [0.15, 0.2) is 0 Å². The molecule has 0 saturated carbocycles. The first-order valence-electron chi connectivity index (χ1n) is 5.40. The van der Waals surface area contributed by atoms with E-state index in [-0.39, 0.29) is 6.42 Å². The van der Waals surface area contributed by atoms with Gasteiger partial charge in [0.25, 0.3) is 0 Å². The van der Waals surface area contributed by atoms with E-state index in [2.05, 4.69) is 5.32 Å². The van der Waals surface area contributed by atoms with Crippen molar-refractivity contribution >= 4 is 17.6 Å². The van der Waals surface area contributed by atoms with Crippen LogP contribution < -0.4 is 11.1 Å². The van der Waals surface area contributed by atoms with Crippen LogP contribution in [0.2, 0.25) is 0 Å². The molecule has 0 fully saturated rings. The van der Waals surface area contributed by atoms with Crippen LogP contribution in [0.5, 0.6) is 0 Å². The van der Waals surface area contributed by atoms with Crippen LogP contribution in [0.25, 0.3) is 0 Å². The second kappa shape index (κ2) is 6.00. The Balaban J connectivity index is 2.53. The summed E-state index contributed by atoms with van der Waals surface area (Å²) in [7, 11) is 0. The number of carboxylic acid groups (broad SMARTS) is 1. The molecule has 17 heavy (non-hydrogen) atoms. The van der Waals surface area contributed by atoms with E-state index in [0.29, 0.717) is 5.69 Å². The van der Waals surface area contributed by atoms with Gasteiger partial charge < -0.3 is 16.2 Å². The molecule has 0 bridgehead atoms.